The van der Waals surface area contributed by atoms with Crippen LogP contribution in [0.4, 0.5) is 5.13 Å². The van der Waals surface area contributed by atoms with Gasteiger partial charge in [0.25, 0.3) is 0 Å². The molecule has 2 aromatic rings. The topological polar surface area (TPSA) is 75.2 Å². The number of nitrogens with one attached hydrogen (secondary N) is 1. The Bertz CT molecular complexity index is 821. The van der Waals surface area contributed by atoms with Crippen molar-refractivity contribution in [2.75, 3.05) is 18.4 Å². The van der Waals surface area contributed by atoms with Crippen molar-refractivity contribution in [3.8, 4) is 0 Å². The first-order chi connectivity index (χ1) is 13.2. The van der Waals surface area contributed by atoms with Crippen LogP contribution in [0.1, 0.15) is 42.4 Å². The Labute approximate surface area is 163 Å². The molecule has 1 saturated heterocycles. The van der Waals surface area contributed by atoms with Gasteiger partial charge in [-0.15, -0.1) is 10.2 Å². The van der Waals surface area contributed by atoms with Crippen LogP contribution in [0.5, 0.6) is 0 Å². The van der Waals surface area contributed by atoms with Crippen molar-refractivity contribution >= 4 is 28.3 Å². The second-order valence-corrected chi connectivity index (χ2v) is 8.23. The Morgan fingerprint density at radius 2 is 2.04 bits per heavy atom. The lowest BCUT2D eigenvalue weighted by Crippen LogP contribution is -2.44. The lowest BCUT2D eigenvalue weighted by atomic mass is 9.89. The number of likely N-dealkylation sites (tertiary alicyclic amines) is 1. The van der Waals surface area contributed by atoms with Crippen LogP contribution in [0, 0.1) is 5.92 Å². The predicted molar refractivity (Wildman–Crippen MR) is 105 cm³/mol. The Kier molecular flexibility index (Phi) is 5.48. The highest BCUT2D eigenvalue weighted by atomic mass is 32.1. The van der Waals surface area contributed by atoms with E-state index in [-0.39, 0.29) is 17.7 Å². The molecule has 1 aliphatic carbocycles. The quantitative estimate of drug-likeness (QED) is 0.880. The standard InChI is InChI=1S/C20H24N4O2S/c25-18(11-14-7-8-15-4-1-2-5-16(15)10-14)24-9-3-6-17(12-24)19(26)22-20-23-21-13-27-20/h7-8,10,13,17H,1-6,9,11-12H2,(H,22,23,26)/t17-/m1/s1. The van der Waals surface area contributed by atoms with Gasteiger partial charge in [-0.25, -0.2) is 0 Å². The minimum atomic E-state index is -0.185. The van der Waals surface area contributed by atoms with Gasteiger partial charge in [-0.05, 0) is 55.2 Å². The highest BCUT2D eigenvalue weighted by molar-refractivity contribution is 7.13. The average Bonchev–Trinajstić information content (AvgIpc) is 3.21. The molecule has 7 heteroatoms. The van der Waals surface area contributed by atoms with Crippen LogP contribution < -0.4 is 5.32 Å². The lowest BCUT2D eigenvalue weighted by molar-refractivity contribution is -0.133. The minimum absolute atomic E-state index is 0.0713. The Hall–Kier alpha value is -2.28. The van der Waals surface area contributed by atoms with Crippen LogP contribution in [0.25, 0.3) is 0 Å². The fourth-order valence-corrected chi connectivity index (χ4v) is 4.48. The van der Waals surface area contributed by atoms with Gasteiger partial charge >= 0.3 is 0 Å². The summed E-state index contributed by atoms with van der Waals surface area (Å²) in [4.78, 5) is 27.1. The van der Waals surface area contributed by atoms with Gasteiger partial charge in [-0.3, -0.25) is 9.59 Å². The smallest absolute Gasteiger partial charge is 0.231 e. The van der Waals surface area contributed by atoms with E-state index in [1.807, 2.05) is 4.90 Å². The summed E-state index contributed by atoms with van der Waals surface area (Å²) in [5.41, 5.74) is 5.51. The van der Waals surface area contributed by atoms with E-state index in [0.29, 0.717) is 18.1 Å². The normalized spacial score (nSPS) is 19.4. The number of carbonyl (C=O) groups is 2. The van der Waals surface area contributed by atoms with Gasteiger partial charge in [0, 0.05) is 13.1 Å². The lowest BCUT2D eigenvalue weighted by Gasteiger charge is -2.32. The zero-order chi connectivity index (χ0) is 18.6. The number of hydrogen-bond acceptors (Lipinski definition) is 5. The van der Waals surface area contributed by atoms with Gasteiger partial charge in [0.1, 0.15) is 5.51 Å². The molecule has 0 saturated carbocycles. The molecule has 1 aromatic carbocycles. The molecule has 2 aliphatic rings. The summed E-state index contributed by atoms with van der Waals surface area (Å²) >= 11 is 1.30. The van der Waals surface area contributed by atoms with E-state index in [0.717, 1.165) is 37.8 Å². The molecule has 1 N–H and O–H groups in total. The van der Waals surface area contributed by atoms with Crippen molar-refractivity contribution < 1.29 is 9.59 Å². The van der Waals surface area contributed by atoms with Gasteiger partial charge in [-0.2, -0.15) is 0 Å². The summed E-state index contributed by atoms with van der Waals surface area (Å²) in [5, 5.41) is 10.9. The molecule has 4 rings (SSSR count). The van der Waals surface area contributed by atoms with Gasteiger partial charge in [-0.1, -0.05) is 29.5 Å². The molecule has 0 bridgehead atoms. The third kappa shape index (κ3) is 4.35. The SMILES string of the molecule is O=C(Nc1nncs1)[C@@H]1CCCN(C(=O)Cc2ccc3c(c2)CCCC3)C1. The summed E-state index contributed by atoms with van der Waals surface area (Å²) in [6, 6.07) is 6.48. The van der Waals surface area contributed by atoms with Crippen molar-refractivity contribution in [2.45, 2.75) is 44.9 Å². The molecule has 1 aliphatic heterocycles. The number of nitrogens with zero attached hydrogens (tertiary/aromatic N) is 3. The molecule has 1 fully saturated rings. The number of fused-ring (bicyclic) bond motifs is 1. The van der Waals surface area contributed by atoms with Gasteiger partial charge in [0.15, 0.2) is 0 Å². The molecular formula is C20H24N4O2S. The summed E-state index contributed by atoms with van der Waals surface area (Å²) in [6.07, 6.45) is 6.84. The van der Waals surface area contributed by atoms with E-state index in [1.54, 1.807) is 5.51 Å². The summed E-state index contributed by atoms with van der Waals surface area (Å²) in [6.45, 7) is 1.21. The molecule has 142 valence electrons. The molecule has 1 aromatic heterocycles. The number of aryl methyl sites for hydroxylation is 2. The third-order valence-electron chi connectivity index (χ3n) is 5.50. The minimum Gasteiger partial charge on any atom is -0.342 e. The van der Waals surface area contributed by atoms with Gasteiger partial charge in [0.05, 0.1) is 12.3 Å². The van der Waals surface area contributed by atoms with E-state index in [1.165, 1.54) is 35.3 Å². The maximum atomic E-state index is 12.8. The first kappa shape index (κ1) is 18.1. The molecule has 6 nitrogen and oxygen atoms in total. The van der Waals surface area contributed by atoms with Gasteiger partial charge in [0.2, 0.25) is 16.9 Å². The highest BCUT2D eigenvalue weighted by Gasteiger charge is 2.29. The van der Waals surface area contributed by atoms with Crippen molar-refractivity contribution in [1.82, 2.24) is 15.1 Å². The predicted octanol–water partition coefficient (Wildman–Crippen LogP) is 2.84. The molecule has 2 amide bonds. The Morgan fingerprint density at radius 3 is 2.85 bits per heavy atom. The van der Waals surface area contributed by atoms with Crippen LogP contribution in [0.2, 0.25) is 0 Å². The van der Waals surface area contributed by atoms with Crippen LogP contribution in [-0.4, -0.2) is 40.0 Å². The van der Waals surface area contributed by atoms with Gasteiger partial charge < -0.3 is 10.2 Å². The number of hydrogen-bond donors (Lipinski definition) is 1. The first-order valence-electron chi connectivity index (χ1n) is 9.64. The zero-order valence-corrected chi connectivity index (χ0v) is 16.1. The highest BCUT2D eigenvalue weighted by Crippen LogP contribution is 2.24. The van der Waals surface area contributed by atoms with Crippen LogP contribution >= 0.6 is 11.3 Å². The number of carbonyl (C=O) groups excluding carboxylic acids is 2. The van der Waals surface area contributed by atoms with Crippen LogP contribution in [-0.2, 0) is 28.9 Å². The third-order valence-corrected chi connectivity index (χ3v) is 6.11. The number of anilines is 1. The molecular weight excluding hydrogens is 360 g/mol. The maximum Gasteiger partial charge on any atom is 0.231 e. The second kappa shape index (κ2) is 8.17. The first-order valence-corrected chi connectivity index (χ1v) is 10.5. The van der Waals surface area contributed by atoms with Crippen molar-refractivity contribution in [2.24, 2.45) is 5.92 Å². The van der Waals surface area contributed by atoms with Crippen LogP contribution in [0.15, 0.2) is 23.7 Å². The summed E-state index contributed by atoms with van der Waals surface area (Å²) in [5.74, 6) is -0.146. The molecule has 0 unspecified atom stereocenters. The van der Waals surface area contributed by atoms with Crippen LogP contribution in [0.3, 0.4) is 0 Å². The molecule has 0 spiro atoms. The van der Waals surface area contributed by atoms with E-state index in [4.69, 9.17) is 0 Å². The zero-order valence-electron chi connectivity index (χ0n) is 15.3. The molecule has 0 radical (unpaired) electrons. The van der Waals surface area contributed by atoms with Crippen molar-refractivity contribution in [3.05, 3.63) is 40.4 Å². The van der Waals surface area contributed by atoms with E-state index >= 15 is 0 Å². The fourth-order valence-electron chi connectivity index (χ4n) is 4.04. The van der Waals surface area contributed by atoms with E-state index < -0.39 is 0 Å². The number of piperidine rings is 1. The Balaban J connectivity index is 1.36. The number of benzene rings is 1. The largest absolute Gasteiger partial charge is 0.342 e. The average molecular weight is 385 g/mol. The second-order valence-electron chi connectivity index (χ2n) is 7.40. The number of amides is 2. The number of rotatable bonds is 4. The fraction of sp³-hybridized carbons (Fsp3) is 0.500. The Morgan fingerprint density at radius 1 is 1.19 bits per heavy atom. The van der Waals surface area contributed by atoms with Crippen molar-refractivity contribution in [3.63, 3.8) is 0 Å². The van der Waals surface area contributed by atoms with Crippen molar-refractivity contribution in [1.29, 1.82) is 0 Å². The summed E-state index contributed by atoms with van der Waals surface area (Å²) < 4.78 is 0. The van der Waals surface area contributed by atoms with E-state index in [2.05, 4.69) is 33.7 Å². The molecule has 27 heavy (non-hydrogen) atoms. The maximum absolute atomic E-state index is 12.8. The number of aromatic nitrogens is 2. The monoisotopic (exact) mass is 384 g/mol. The van der Waals surface area contributed by atoms with E-state index in [9.17, 15) is 9.59 Å². The summed E-state index contributed by atoms with van der Waals surface area (Å²) in [7, 11) is 0. The molecule has 1 atom stereocenters. The molecule has 2 heterocycles.